The molecule has 0 bridgehead atoms. The van der Waals surface area contributed by atoms with Gasteiger partial charge in [0.25, 0.3) is 0 Å². The van der Waals surface area contributed by atoms with E-state index in [4.69, 9.17) is 9.84 Å². The molecule has 102 valence electrons. The van der Waals surface area contributed by atoms with Crippen LogP contribution in [0.25, 0.3) is 0 Å². The van der Waals surface area contributed by atoms with Crippen molar-refractivity contribution in [2.75, 3.05) is 31.7 Å². The minimum Gasteiger partial charge on any atom is -0.394 e. The van der Waals surface area contributed by atoms with Gasteiger partial charge in [-0.05, 0) is 18.2 Å². The smallest absolute Gasteiger partial charge is 0.394 e. The standard InChI is InChI=1S/C11H13F4NO2/c12-10-2-1-8(7-9(10)11(13,14)15)16-3-5-18-6-4-17/h1-2,7,16-17H,3-6H2. The summed E-state index contributed by atoms with van der Waals surface area (Å²) in [6.45, 7) is 0.551. The van der Waals surface area contributed by atoms with E-state index < -0.39 is 17.6 Å². The lowest BCUT2D eigenvalue weighted by atomic mass is 10.2. The molecule has 0 aliphatic carbocycles. The Morgan fingerprint density at radius 2 is 1.94 bits per heavy atom. The van der Waals surface area contributed by atoms with Crippen molar-refractivity contribution in [1.29, 1.82) is 0 Å². The third-order valence-electron chi connectivity index (χ3n) is 2.08. The summed E-state index contributed by atoms with van der Waals surface area (Å²) >= 11 is 0. The van der Waals surface area contributed by atoms with E-state index in [0.717, 1.165) is 6.07 Å². The fraction of sp³-hybridized carbons (Fsp3) is 0.455. The van der Waals surface area contributed by atoms with Crippen LogP contribution >= 0.6 is 0 Å². The maximum absolute atomic E-state index is 13.0. The first kappa shape index (κ1) is 14.7. The molecular formula is C11H13F4NO2. The molecule has 18 heavy (non-hydrogen) atoms. The molecule has 0 amide bonds. The van der Waals surface area contributed by atoms with E-state index in [9.17, 15) is 17.6 Å². The van der Waals surface area contributed by atoms with Crippen LogP contribution in [0.2, 0.25) is 0 Å². The van der Waals surface area contributed by atoms with Crippen molar-refractivity contribution >= 4 is 5.69 Å². The molecule has 0 unspecified atom stereocenters. The van der Waals surface area contributed by atoms with Gasteiger partial charge in [-0.15, -0.1) is 0 Å². The zero-order valence-electron chi connectivity index (χ0n) is 9.43. The van der Waals surface area contributed by atoms with Gasteiger partial charge in [0.2, 0.25) is 0 Å². The van der Waals surface area contributed by atoms with Crippen LogP contribution in [-0.4, -0.2) is 31.5 Å². The van der Waals surface area contributed by atoms with Gasteiger partial charge in [0.1, 0.15) is 5.82 Å². The van der Waals surface area contributed by atoms with Crippen LogP contribution in [-0.2, 0) is 10.9 Å². The topological polar surface area (TPSA) is 41.5 Å². The van der Waals surface area contributed by atoms with Crippen molar-refractivity contribution in [1.82, 2.24) is 0 Å². The van der Waals surface area contributed by atoms with Crippen LogP contribution in [0.5, 0.6) is 0 Å². The summed E-state index contributed by atoms with van der Waals surface area (Å²) in [5, 5.41) is 11.1. The predicted octanol–water partition coefficient (Wildman–Crippen LogP) is 2.27. The van der Waals surface area contributed by atoms with Gasteiger partial charge in [0.15, 0.2) is 0 Å². The summed E-state index contributed by atoms with van der Waals surface area (Å²) < 4.78 is 55.1. The maximum Gasteiger partial charge on any atom is 0.419 e. The molecule has 0 spiro atoms. The average molecular weight is 267 g/mol. The van der Waals surface area contributed by atoms with Crippen molar-refractivity contribution < 1.29 is 27.4 Å². The molecule has 1 aromatic rings. The zero-order chi connectivity index (χ0) is 13.6. The third kappa shape index (κ3) is 4.50. The van der Waals surface area contributed by atoms with Crippen molar-refractivity contribution in [3.8, 4) is 0 Å². The lowest BCUT2D eigenvalue weighted by Crippen LogP contribution is -2.13. The fourth-order valence-corrected chi connectivity index (χ4v) is 1.29. The Bertz CT molecular complexity index is 382. The van der Waals surface area contributed by atoms with Gasteiger partial charge in [-0.3, -0.25) is 0 Å². The second kappa shape index (κ2) is 6.55. The summed E-state index contributed by atoms with van der Waals surface area (Å²) in [6, 6.07) is 2.69. The molecule has 0 aliphatic heterocycles. The molecular weight excluding hydrogens is 254 g/mol. The van der Waals surface area contributed by atoms with Gasteiger partial charge in [-0.25, -0.2) is 4.39 Å². The van der Waals surface area contributed by atoms with E-state index in [-0.39, 0.29) is 32.1 Å². The lowest BCUT2D eigenvalue weighted by Gasteiger charge is -2.11. The van der Waals surface area contributed by atoms with Crippen LogP contribution in [0.15, 0.2) is 18.2 Å². The van der Waals surface area contributed by atoms with Crippen molar-refractivity contribution in [3.63, 3.8) is 0 Å². The molecule has 2 N–H and O–H groups in total. The normalized spacial score (nSPS) is 11.6. The predicted molar refractivity (Wildman–Crippen MR) is 57.8 cm³/mol. The zero-order valence-corrected chi connectivity index (χ0v) is 9.43. The Labute approximate surface area is 101 Å². The van der Waals surface area contributed by atoms with E-state index in [2.05, 4.69) is 5.32 Å². The van der Waals surface area contributed by atoms with Crippen molar-refractivity contribution in [3.05, 3.63) is 29.6 Å². The molecule has 0 radical (unpaired) electrons. The Morgan fingerprint density at radius 1 is 1.22 bits per heavy atom. The largest absolute Gasteiger partial charge is 0.419 e. The molecule has 0 aliphatic rings. The molecule has 3 nitrogen and oxygen atoms in total. The number of ether oxygens (including phenoxy) is 1. The van der Waals surface area contributed by atoms with Crippen LogP contribution in [0.4, 0.5) is 23.2 Å². The number of rotatable bonds is 6. The highest BCUT2D eigenvalue weighted by Crippen LogP contribution is 2.32. The number of hydrogen-bond acceptors (Lipinski definition) is 3. The van der Waals surface area contributed by atoms with Gasteiger partial charge >= 0.3 is 6.18 Å². The van der Waals surface area contributed by atoms with E-state index in [1.165, 1.54) is 6.07 Å². The number of benzene rings is 1. The van der Waals surface area contributed by atoms with E-state index in [1.807, 2.05) is 0 Å². The second-order valence-electron chi connectivity index (χ2n) is 3.46. The molecule has 1 aromatic carbocycles. The summed E-state index contributed by atoms with van der Waals surface area (Å²) in [5.74, 6) is -1.30. The number of anilines is 1. The van der Waals surface area contributed by atoms with Crippen LogP contribution in [0.1, 0.15) is 5.56 Å². The Hall–Kier alpha value is -1.34. The highest BCUT2D eigenvalue weighted by atomic mass is 19.4. The molecule has 0 saturated heterocycles. The highest BCUT2D eigenvalue weighted by molar-refractivity contribution is 5.47. The van der Waals surface area contributed by atoms with Gasteiger partial charge < -0.3 is 15.2 Å². The SMILES string of the molecule is OCCOCCNc1ccc(F)c(C(F)(F)F)c1. The summed E-state index contributed by atoms with van der Waals surface area (Å²) in [4.78, 5) is 0. The number of halogens is 4. The first-order chi connectivity index (χ1) is 8.45. The van der Waals surface area contributed by atoms with Crippen molar-refractivity contribution in [2.45, 2.75) is 6.18 Å². The Kier molecular flexibility index (Phi) is 5.36. The van der Waals surface area contributed by atoms with Crippen molar-refractivity contribution in [2.24, 2.45) is 0 Å². The summed E-state index contributed by atoms with van der Waals surface area (Å²) in [5.41, 5.74) is -1.14. The molecule has 0 heterocycles. The molecule has 0 saturated carbocycles. The van der Waals surface area contributed by atoms with Crippen LogP contribution in [0.3, 0.4) is 0 Å². The summed E-state index contributed by atoms with van der Waals surface area (Å²) in [7, 11) is 0. The van der Waals surface area contributed by atoms with Gasteiger partial charge in [0, 0.05) is 12.2 Å². The third-order valence-corrected chi connectivity index (χ3v) is 2.08. The molecule has 0 atom stereocenters. The summed E-state index contributed by atoms with van der Waals surface area (Å²) in [6.07, 6.45) is -4.71. The monoisotopic (exact) mass is 267 g/mol. The quantitative estimate of drug-likeness (QED) is 0.613. The maximum atomic E-state index is 13.0. The first-order valence-corrected chi connectivity index (χ1v) is 5.24. The van der Waals surface area contributed by atoms with Crippen LogP contribution in [0, 0.1) is 5.82 Å². The Morgan fingerprint density at radius 3 is 2.56 bits per heavy atom. The van der Waals surface area contributed by atoms with E-state index in [1.54, 1.807) is 0 Å². The van der Waals surface area contributed by atoms with Gasteiger partial charge in [-0.1, -0.05) is 0 Å². The number of alkyl halides is 3. The van der Waals surface area contributed by atoms with E-state index in [0.29, 0.717) is 6.07 Å². The minimum absolute atomic E-state index is 0.116. The fourth-order valence-electron chi connectivity index (χ4n) is 1.29. The lowest BCUT2D eigenvalue weighted by molar-refractivity contribution is -0.139. The molecule has 0 fully saturated rings. The first-order valence-electron chi connectivity index (χ1n) is 5.24. The number of aliphatic hydroxyl groups is 1. The number of nitrogens with one attached hydrogen (secondary N) is 1. The average Bonchev–Trinajstić information content (AvgIpc) is 2.29. The van der Waals surface area contributed by atoms with Gasteiger partial charge in [-0.2, -0.15) is 13.2 Å². The second-order valence-corrected chi connectivity index (χ2v) is 3.46. The van der Waals surface area contributed by atoms with Crippen LogP contribution < -0.4 is 5.32 Å². The van der Waals surface area contributed by atoms with E-state index >= 15 is 0 Å². The number of hydrogen-bond donors (Lipinski definition) is 2. The highest BCUT2D eigenvalue weighted by Gasteiger charge is 2.34. The molecule has 1 rings (SSSR count). The minimum atomic E-state index is -4.71. The number of aliphatic hydroxyl groups excluding tert-OH is 1. The molecule has 0 aromatic heterocycles. The molecule has 7 heteroatoms. The Balaban J connectivity index is 2.57. The van der Waals surface area contributed by atoms with Gasteiger partial charge in [0.05, 0.1) is 25.4 Å².